The summed E-state index contributed by atoms with van der Waals surface area (Å²) >= 11 is 0. The van der Waals surface area contributed by atoms with Crippen LogP contribution in [0.4, 0.5) is 5.69 Å². The minimum absolute atomic E-state index is 0.0629. The molecule has 0 saturated heterocycles. The van der Waals surface area contributed by atoms with Gasteiger partial charge in [-0.1, -0.05) is 66.2 Å². The van der Waals surface area contributed by atoms with Gasteiger partial charge >= 0.3 is 0 Å². The molecule has 0 amide bonds. The Morgan fingerprint density at radius 1 is 0.808 bits per heavy atom. The number of hydrogen-bond donors (Lipinski definition) is 1. The van der Waals surface area contributed by atoms with Crippen molar-refractivity contribution in [2.45, 2.75) is 6.92 Å². The molecule has 3 heteroatoms. The monoisotopic (exact) mass is 341 g/mol. The number of benzene rings is 3. The minimum atomic E-state index is -0.0898. The predicted octanol–water partition coefficient (Wildman–Crippen LogP) is 5.03. The van der Waals surface area contributed by atoms with Gasteiger partial charge in [0.25, 0.3) is 0 Å². The van der Waals surface area contributed by atoms with E-state index in [-0.39, 0.29) is 11.6 Å². The van der Waals surface area contributed by atoms with E-state index in [1.807, 2.05) is 61.5 Å². The van der Waals surface area contributed by atoms with Gasteiger partial charge in [0.05, 0.1) is 0 Å². The van der Waals surface area contributed by atoms with Gasteiger partial charge in [0.1, 0.15) is 0 Å². The van der Waals surface area contributed by atoms with Crippen LogP contribution in [-0.2, 0) is 0 Å². The molecule has 0 radical (unpaired) electrons. The van der Waals surface area contributed by atoms with E-state index in [0.717, 1.165) is 5.56 Å². The van der Waals surface area contributed by atoms with Gasteiger partial charge in [-0.15, -0.1) is 0 Å². The van der Waals surface area contributed by atoms with Gasteiger partial charge < -0.3 is 5.32 Å². The molecule has 0 aliphatic heterocycles. The number of anilines is 1. The molecular formula is C23H19NO2. The number of carbonyl (C=O) groups excluding carboxylic acids is 2. The molecule has 0 aliphatic rings. The lowest BCUT2D eigenvalue weighted by Crippen LogP contribution is -2.05. The van der Waals surface area contributed by atoms with E-state index in [2.05, 4.69) is 5.32 Å². The summed E-state index contributed by atoms with van der Waals surface area (Å²) in [6.45, 7) is 1.95. The number of carbonyl (C=O) groups is 2. The minimum Gasteiger partial charge on any atom is -0.361 e. The Hall–Kier alpha value is -3.46. The average molecular weight is 341 g/mol. The normalized spacial score (nSPS) is 10.7. The maximum atomic E-state index is 12.7. The fraction of sp³-hybridized carbons (Fsp3) is 0.0435. The summed E-state index contributed by atoms with van der Waals surface area (Å²) in [5.74, 6) is -0.153. The Balaban J connectivity index is 1.77. The number of aryl methyl sites for hydroxylation is 1. The first kappa shape index (κ1) is 17.4. The van der Waals surface area contributed by atoms with Crippen molar-refractivity contribution in [2.75, 3.05) is 5.32 Å². The topological polar surface area (TPSA) is 46.2 Å². The molecule has 128 valence electrons. The molecule has 0 fully saturated rings. The van der Waals surface area contributed by atoms with E-state index in [1.165, 1.54) is 6.08 Å². The van der Waals surface area contributed by atoms with Crippen LogP contribution in [0, 0.1) is 6.92 Å². The highest BCUT2D eigenvalue weighted by Gasteiger charge is 2.12. The molecule has 0 saturated carbocycles. The first-order chi connectivity index (χ1) is 12.6. The summed E-state index contributed by atoms with van der Waals surface area (Å²) in [5.41, 5.74) is 3.52. The molecule has 0 unspecified atom stereocenters. The zero-order valence-electron chi connectivity index (χ0n) is 14.5. The maximum Gasteiger partial charge on any atom is 0.195 e. The van der Waals surface area contributed by atoms with Crippen LogP contribution < -0.4 is 5.32 Å². The van der Waals surface area contributed by atoms with Gasteiger partial charge in [-0.3, -0.25) is 9.59 Å². The van der Waals surface area contributed by atoms with Gasteiger partial charge in [0, 0.05) is 34.7 Å². The molecule has 1 N–H and O–H groups in total. The first-order valence-electron chi connectivity index (χ1n) is 8.38. The summed E-state index contributed by atoms with van der Waals surface area (Å²) in [4.78, 5) is 24.9. The van der Waals surface area contributed by atoms with Gasteiger partial charge in [-0.2, -0.15) is 0 Å². The maximum absolute atomic E-state index is 12.7. The van der Waals surface area contributed by atoms with Crippen LogP contribution in [0.15, 0.2) is 91.1 Å². The van der Waals surface area contributed by atoms with Crippen molar-refractivity contribution in [3.05, 3.63) is 113 Å². The lowest BCUT2D eigenvalue weighted by atomic mass is 10.0. The second-order valence-corrected chi connectivity index (χ2v) is 5.95. The van der Waals surface area contributed by atoms with Crippen LogP contribution in [0.2, 0.25) is 0 Å². The van der Waals surface area contributed by atoms with Crippen molar-refractivity contribution >= 4 is 17.3 Å². The summed E-state index contributed by atoms with van der Waals surface area (Å²) < 4.78 is 0. The molecule has 0 heterocycles. The van der Waals surface area contributed by atoms with Crippen molar-refractivity contribution in [1.29, 1.82) is 0 Å². The molecule has 26 heavy (non-hydrogen) atoms. The summed E-state index contributed by atoms with van der Waals surface area (Å²) in [6, 6.07) is 23.8. The Morgan fingerprint density at radius 3 is 2.27 bits per heavy atom. The third-order valence-corrected chi connectivity index (χ3v) is 3.98. The van der Waals surface area contributed by atoms with E-state index in [9.17, 15) is 9.59 Å². The standard InChI is InChI=1S/C23H19NO2/c1-17-8-7-11-19(16-17)22(25)14-15-24-21-13-6-5-12-20(21)23(26)18-9-3-2-4-10-18/h2-16,24H,1H3/b15-14-. The van der Waals surface area contributed by atoms with Gasteiger partial charge in [-0.25, -0.2) is 0 Å². The van der Waals surface area contributed by atoms with Gasteiger partial charge in [0.2, 0.25) is 0 Å². The fourth-order valence-corrected chi connectivity index (χ4v) is 2.65. The molecule has 3 aromatic carbocycles. The highest BCUT2D eigenvalue weighted by atomic mass is 16.1. The number of para-hydroxylation sites is 1. The largest absolute Gasteiger partial charge is 0.361 e. The second-order valence-electron chi connectivity index (χ2n) is 5.95. The van der Waals surface area contributed by atoms with E-state index >= 15 is 0 Å². The zero-order chi connectivity index (χ0) is 18.4. The SMILES string of the molecule is Cc1cccc(C(=O)/C=C\Nc2ccccc2C(=O)c2ccccc2)c1. The van der Waals surface area contributed by atoms with Crippen LogP contribution in [0.1, 0.15) is 31.8 Å². The van der Waals surface area contributed by atoms with Crippen molar-refractivity contribution in [3.8, 4) is 0 Å². The molecule has 0 atom stereocenters. The number of hydrogen-bond acceptors (Lipinski definition) is 3. The predicted molar refractivity (Wildman–Crippen MR) is 105 cm³/mol. The van der Waals surface area contributed by atoms with Crippen molar-refractivity contribution in [2.24, 2.45) is 0 Å². The number of allylic oxidation sites excluding steroid dienone is 1. The Kier molecular flexibility index (Phi) is 5.40. The molecular weight excluding hydrogens is 322 g/mol. The number of rotatable bonds is 6. The van der Waals surface area contributed by atoms with E-state index < -0.39 is 0 Å². The van der Waals surface area contributed by atoms with E-state index in [4.69, 9.17) is 0 Å². The Labute approximate surface area is 153 Å². The highest BCUT2D eigenvalue weighted by molar-refractivity contribution is 6.12. The van der Waals surface area contributed by atoms with E-state index in [0.29, 0.717) is 22.4 Å². The number of ketones is 2. The van der Waals surface area contributed by atoms with Crippen molar-refractivity contribution in [3.63, 3.8) is 0 Å². The van der Waals surface area contributed by atoms with Crippen LogP contribution in [0.5, 0.6) is 0 Å². The third-order valence-electron chi connectivity index (χ3n) is 3.98. The molecule has 3 aromatic rings. The van der Waals surface area contributed by atoms with Crippen molar-refractivity contribution < 1.29 is 9.59 Å². The Morgan fingerprint density at radius 2 is 1.50 bits per heavy atom. The van der Waals surface area contributed by atoms with Crippen LogP contribution in [0.25, 0.3) is 0 Å². The lowest BCUT2D eigenvalue weighted by Gasteiger charge is -2.08. The van der Waals surface area contributed by atoms with Crippen LogP contribution in [-0.4, -0.2) is 11.6 Å². The van der Waals surface area contributed by atoms with Gasteiger partial charge in [0.15, 0.2) is 11.6 Å². The van der Waals surface area contributed by atoms with E-state index in [1.54, 1.807) is 30.5 Å². The summed E-state index contributed by atoms with van der Waals surface area (Å²) in [7, 11) is 0. The number of nitrogens with one attached hydrogen (secondary N) is 1. The molecule has 3 rings (SSSR count). The Bertz CT molecular complexity index is 959. The molecule has 0 aliphatic carbocycles. The van der Waals surface area contributed by atoms with Crippen molar-refractivity contribution in [1.82, 2.24) is 0 Å². The smallest absolute Gasteiger partial charge is 0.195 e. The first-order valence-corrected chi connectivity index (χ1v) is 8.38. The van der Waals surface area contributed by atoms with Crippen LogP contribution >= 0.6 is 0 Å². The quantitative estimate of drug-likeness (QED) is 0.505. The molecule has 3 nitrogen and oxygen atoms in total. The third kappa shape index (κ3) is 4.14. The molecule has 0 bridgehead atoms. The fourth-order valence-electron chi connectivity index (χ4n) is 2.65. The molecule has 0 aromatic heterocycles. The second kappa shape index (κ2) is 8.08. The highest BCUT2D eigenvalue weighted by Crippen LogP contribution is 2.19. The summed E-state index contributed by atoms with van der Waals surface area (Å²) in [5, 5.41) is 3.06. The summed E-state index contributed by atoms with van der Waals surface area (Å²) in [6.07, 6.45) is 3.04. The van der Waals surface area contributed by atoms with Gasteiger partial charge in [-0.05, 0) is 25.1 Å². The van der Waals surface area contributed by atoms with Crippen LogP contribution in [0.3, 0.4) is 0 Å². The lowest BCUT2D eigenvalue weighted by molar-refractivity contribution is 0.103. The zero-order valence-corrected chi connectivity index (χ0v) is 14.5. The molecule has 0 spiro atoms. The average Bonchev–Trinajstić information content (AvgIpc) is 2.68.